The van der Waals surface area contributed by atoms with E-state index in [2.05, 4.69) is 4.98 Å². The summed E-state index contributed by atoms with van der Waals surface area (Å²) in [5.41, 5.74) is 1.74. The van der Waals surface area contributed by atoms with Crippen molar-refractivity contribution in [1.82, 2.24) is 14.3 Å². The van der Waals surface area contributed by atoms with Gasteiger partial charge in [-0.3, -0.25) is 14.0 Å². The van der Waals surface area contributed by atoms with Crippen LogP contribution in [-0.4, -0.2) is 33.0 Å². The fraction of sp³-hybridized carbons (Fsp3) is 0.235. The van der Waals surface area contributed by atoms with Crippen LogP contribution < -0.4 is 5.56 Å². The lowest BCUT2D eigenvalue weighted by molar-refractivity contribution is -0.127. The van der Waals surface area contributed by atoms with Crippen molar-refractivity contribution in [1.29, 1.82) is 0 Å². The molecule has 0 bridgehead atoms. The number of amides is 1. The number of nitrogens with zero attached hydrogens (tertiary/aromatic N) is 3. The molecular weight excluding hydrogens is 342 g/mol. The first-order valence-corrected chi connectivity index (χ1v) is 9.48. The number of rotatable bonds is 6. The normalized spacial score (nSPS) is 10.9. The monoisotopic (exact) mass is 359 g/mol. The van der Waals surface area contributed by atoms with Gasteiger partial charge in [-0.2, -0.15) is 0 Å². The number of fused-ring (bicyclic) bond motifs is 1. The number of thiazole rings is 1. The summed E-state index contributed by atoms with van der Waals surface area (Å²) in [4.78, 5) is 31.0. The maximum atomic E-state index is 12.2. The summed E-state index contributed by atoms with van der Waals surface area (Å²) >= 11 is 2.90. The van der Waals surface area contributed by atoms with Crippen molar-refractivity contribution in [2.45, 2.75) is 12.3 Å². The van der Waals surface area contributed by atoms with Gasteiger partial charge in [0.2, 0.25) is 5.91 Å². The van der Waals surface area contributed by atoms with E-state index in [-0.39, 0.29) is 11.5 Å². The molecule has 0 saturated carbocycles. The van der Waals surface area contributed by atoms with Gasteiger partial charge in [-0.25, -0.2) is 4.98 Å². The predicted molar refractivity (Wildman–Crippen MR) is 98.4 cm³/mol. The van der Waals surface area contributed by atoms with Crippen LogP contribution in [0.25, 0.3) is 4.96 Å². The predicted octanol–water partition coefficient (Wildman–Crippen LogP) is 2.65. The van der Waals surface area contributed by atoms with Crippen LogP contribution >= 0.6 is 23.1 Å². The van der Waals surface area contributed by atoms with Crippen molar-refractivity contribution >= 4 is 34.0 Å². The van der Waals surface area contributed by atoms with Crippen LogP contribution in [-0.2, 0) is 17.1 Å². The van der Waals surface area contributed by atoms with E-state index in [4.69, 9.17) is 0 Å². The van der Waals surface area contributed by atoms with Crippen LogP contribution in [0, 0.1) is 0 Å². The Hall–Kier alpha value is -2.12. The van der Waals surface area contributed by atoms with E-state index >= 15 is 0 Å². The summed E-state index contributed by atoms with van der Waals surface area (Å²) in [6, 6.07) is 11.4. The van der Waals surface area contributed by atoms with Gasteiger partial charge in [0.1, 0.15) is 0 Å². The third-order valence-electron chi connectivity index (χ3n) is 3.52. The highest BCUT2D eigenvalue weighted by Gasteiger charge is 2.10. The molecule has 1 aromatic carbocycles. The quantitative estimate of drug-likeness (QED) is 0.679. The Labute approximate surface area is 148 Å². The fourth-order valence-electron chi connectivity index (χ4n) is 2.26. The smallest absolute Gasteiger partial charge is 0.258 e. The molecule has 0 fully saturated rings. The number of carbonyl (C=O) groups is 1. The first-order valence-electron chi connectivity index (χ1n) is 7.45. The average molecular weight is 359 g/mol. The second kappa shape index (κ2) is 7.63. The van der Waals surface area contributed by atoms with Crippen molar-refractivity contribution < 1.29 is 4.79 Å². The third kappa shape index (κ3) is 4.04. The fourth-order valence-corrected chi connectivity index (χ4v) is 3.85. The van der Waals surface area contributed by atoms with E-state index < -0.39 is 0 Å². The summed E-state index contributed by atoms with van der Waals surface area (Å²) in [6.45, 7) is 0.598. The van der Waals surface area contributed by atoms with Crippen molar-refractivity contribution in [3.05, 3.63) is 69.6 Å². The van der Waals surface area contributed by atoms with Gasteiger partial charge in [0, 0.05) is 37.0 Å². The second-order valence-electron chi connectivity index (χ2n) is 5.37. The van der Waals surface area contributed by atoms with Gasteiger partial charge in [-0.15, -0.1) is 23.1 Å². The Morgan fingerprint density at radius 1 is 1.33 bits per heavy atom. The summed E-state index contributed by atoms with van der Waals surface area (Å²) in [6.07, 6.45) is 1.72. The van der Waals surface area contributed by atoms with Gasteiger partial charge in [0.15, 0.2) is 4.96 Å². The summed E-state index contributed by atoms with van der Waals surface area (Å²) in [5.74, 6) is 0.987. The van der Waals surface area contributed by atoms with Crippen LogP contribution in [0.1, 0.15) is 11.3 Å². The third-order valence-corrected chi connectivity index (χ3v) is 5.23. The van der Waals surface area contributed by atoms with E-state index in [9.17, 15) is 9.59 Å². The summed E-state index contributed by atoms with van der Waals surface area (Å²) in [5, 5.41) is 1.84. The van der Waals surface area contributed by atoms with Crippen molar-refractivity contribution in [3.8, 4) is 0 Å². The molecule has 0 aliphatic heterocycles. The number of hydrogen-bond acceptors (Lipinski definition) is 5. The largest absolute Gasteiger partial charge is 0.341 e. The Bertz CT molecular complexity index is 889. The molecule has 7 heteroatoms. The van der Waals surface area contributed by atoms with E-state index in [0.29, 0.717) is 28.7 Å². The number of thioether (sulfide) groups is 1. The Morgan fingerprint density at radius 2 is 2.12 bits per heavy atom. The minimum absolute atomic E-state index is 0.0674. The van der Waals surface area contributed by atoms with Gasteiger partial charge in [-0.1, -0.05) is 30.3 Å². The maximum Gasteiger partial charge on any atom is 0.258 e. The molecule has 0 aliphatic rings. The Kier molecular flexibility index (Phi) is 5.32. The first-order chi connectivity index (χ1) is 11.6. The van der Waals surface area contributed by atoms with Gasteiger partial charge >= 0.3 is 0 Å². The van der Waals surface area contributed by atoms with E-state index in [1.54, 1.807) is 18.1 Å². The molecule has 1 amide bonds. The Morgan fingerprint density at radius 3 is 2.92 bits per heavy atom. The van der Waals surface area contributed by atoms with E-state index in [0.717, 1.165) is 5.56 Å². The molecular formula is C17H17N3O2S2. The molecule has 2 heterocycles. The van der Waals surface area contributed by atoms with Crippen molar-refractivity contribution in [2.24, 2.45) is 0 Å². The zero-order chi connectivity index (χ0) is 16.9. The molecule has 0 saturated heterocycles. The number of hydrogen-bond donors (Lipinski definition) is 0. The standard InChI is InChI=1S/C17H17N3O2S2/c1-19(10-13-5-3-2-4-6-13)16(22)12-23-11-14-9-15(21)20-7-8-24-17(20)18-14/h2-9H,10-12H2,1H3. The van der Waals surface area contributed by atoms with Crippen molar-refractivity contribution in [2.75, 3.05) is 12.8 Å². The lowest BCUT2D eigenvalue weighted by Crippen LogP contribution is -2.27. The zero-order valence-electron chi connectivity index (χ0n) is 13.2. The summed E-state index contributed by atoms with van der Waals surface area (Å²) < 4.78 is 1.53. The van der Waals surface area contributed by atoms with Crippen LogP contribution in [0.2, 0.25) is 0 Å². The zero-order valence-corrected chi connectivity index (χ0v) is 14.8. The Balaban J connectivity index is 1.53. The molecule has 0 atom stereocenters. The molecule has 3 aromatic rings. The SMILES string of the molecule is CN(Cc1ccccc1)C(=O)CSCc1cc(=O)n2ccsc2n1. The number of benzene rings is 1. The number of carbonyl (C=O) groups excluding carboxylic acids is 1. The molecule has 5 nitrogen and oxygen atoms in total. The minimum atomic E-state index is -0.0793. The lowest BCUT2D eigenvalue weighted by atomic mass is 10.2. The van der Waals surface area contributed by atoms with Gasteiger partial charge in [-0.05, 0) is 5.56 Å². The molecule has 124 valence electrons. The minimum Gasteiger partial charge on any atom is -0.341 e. The molecule has 0 spiro atoms. The van der Waals surface area contributed by atoms with Gasteiger partial charge < -0.3 is 4.90 Å². The highest BCUT2D eigenvalue weighted by atomic mass is 32.2. The first kappa shape index (κ1) is 16.7. The lowest BCUT2D eigenvalue weighted by Gasteiger charge is -2.17. The molecule has 0 unspecified atom stereocenters. The van der Waals surface area contributed by atoms with E-state index in [1.807, 2.05) is 35.7 Å². The average Bonchev–Trinajstić information content (AvgIpc) is 3.05. The molecule has 2 aromatic heterocycles. The van der Waals surface area contributed by atoms with Crippen LogP contribution in [0.3, 0.4) is 0 Å². The molecule has 3 rings (SSSR count). The van der Waals surface area contributed by atoms with Crippen LogP contribution in [0.4, 0.5) is 0 Å². The van der Waals surface area contributed by atoms with Crippen LogP contribution in [0.5, 0.6) is 0 Å². The van der Waals surface area contributed by atoms with Crippen LogP contribution in [0.15, 0.2) is 52.8 Å². The van der Waals surface area contributed by atoms with Gasteiger partial charge in [0.05, 0.1) is 11.4 Å². The van der Waals surface area contributed by atoms with Gasteiger partial charge in [0.25, 0.3) is 5.56 Å². The summed E-state index contributed by atoms with van der Waals surface area (Å²) in [7, 11) is 1.80. The number of aromatic nitrogens is 2. The molecule has 0 aliphatic carbocycles. The highest BCUT2D eigenvalue weighted by molar-refractivity contribution is 7.99. The molecule has 0 N–H and O–H groups in total. The van der Waals surface area contributed by atoms with Crippen molar-refractivity contribution in [3.63, 3.8) is 0 Å². The topological polar surface area (TPSA) is 54.7 Å². The second-order valence-corrected chi connectivity index (χ2v) is 7.23. The highest BCUT2D eigenvalue weighted by Crippen LogP contribution is 2.13. The molecule has 0 radical (unpaired) electrons. The van der Waals surface area contributed by atoms with E-state index in [1.165, 1.54) is 33.6 Å². The maximum absolute atomic E-state index is 12.2. The molecule has 24 heavy (non-hydrogen) atoms.